The van der Waals surface area contributed by atoms with Gasteiger partial charge in [0.15, 0.2) is 11.6 Å². The highest BCUT2D eigenvalue weighted by Crippen LogP contribution is 2.24. The van der Waals surface area contributed by atoms with Gasteiger partial charge in [0.2, 0.25) is 5.88 Å². The maximum atomic E-state index is 12.2. The molecule has 29 heavy (non-hydrogen) atoms. The van der Waals surface area contributed by atoms with Gasteiger partial charge in [0.1, 0.15) is 12.2 Å². The average molecular weight is 420 g/mol. The lowest BCUT2D eigenvalue weighted by Gasteiger charge is -2.36. The van der Waals surface area contributed by atoms with E-state index < -0.39 is 5.60 Å². The second kappa shape index (κ2) is 8.73. The van der Waals surface area contributed by atoms with Crippen LogP contribution in [-0.4, -0.2) is 52.7 Å². The highest BCUT2D eigenvalue weighted by atomic mass is 35.5. The smallest absolute Gasteiger partial charge is 0.410 e. The summed E-state index contributed by atoms with van der Waals surface area (Å²) in [6.45, 7) is 8.08. The molecule has 1 amide bonds. The van der Waals surface area contributed by atoms with Crippen molar-refractivity contribution in [2.45, 2.75) is 33.0 Å². The number of piperazine rings is 1. The first-order valence-electron chi connectivity index (χ1n) is 9.44. The van der Waals surface area contributed by atoms with Gasteiger partial charge in [0, 0.05) is 31.2 Å². The highest BCUT2D eigenvalue weighted by molar-refractivity contribution is 6.30. The molecule has 0 bridgehead atoms. The lowest BCUT2D eigenvalue weighted by Crippen LogP contribution is -2.50. The number of halogens is 1. The average Bonchev–Trinajstić information content (AvgIpc) is 2.66. The summed E-state index contributed by atoms with van der Waals surface area (Å²) >= 11 is 6.00. The number of nitrogens with zero attached hydrogens (tertiary/aromatic N) is 4. The molecule has 3 rings (SSSR count). The molecule has 1 aliphatic rings. The number of nitrogens with two attached hydrogens (primary N) is 1. The van der Waals surface area contributed by atoms with E-state index >= 15 is 0 Å². The predicted molar refractivity (Wildman–Crippen MR) is 112 cm³/mol. The number of rotatable bonds is 4. The molecule has 1 aromatic heterocycles. The minimum Gasteiger partial charge on any atom is -0.472 e. The zero-order valence-corrected chi connectivity index (χ0v) is 17.6. The van der Waals surface area contributed by atoms with Crippen molar-refractivity contribution >= 4 is 29.3 Å². The molecular weight excluding hydrogens is 394 g/mol. The van der Waals surface area contributed by atoms with Crippen molar-refractivity contribution in [3.05, 3.63) is 41.0 Å². The van der Waals surface area contributed by atoms with E-state index in [0.29, 0.717) is 55.3 Å². The van der Waals surface area contributed by atoms with Gasteiger partial charge in [-0.15, -0.1) is 0 Å². The zero-order chi connectivity index (χ0) is 21.0. The molecule has 2 N–H and O–H groups in total. The number of ether oxygens (including phenoxy) is 2. The molecule has 2 heterocycles. The number of hydrogen-bond donors (Lipinski definition) is 1. The van der Waals surface area contributed by atoms with Gasteiger partial charge in [-0.2, -0.15) is 4.98 Å². The first-order valence-corrected chi connectivity index (χ1v) is 9.82. The van der Waals surface area contributed by atoms with E-state index in [1.54, 1.807) is 4.90 Å². The quantitative estimate of drug-likeness (QED) is 0.811. The molecule has 1 aliphatic heterocycles. The van der Waals surface area contributed by atoms with Crippen LogP contribution in [-0.2, 0) is 11.3 Å². The van der Waals surface area contributed by atoms with Crippen molar-refractivity contribution < 1.29 is 14.3 Å². The Morgan fingerprint density at radius 3 is 2.62 bits per heavy atom. The van der Waals surface area contributed by atoms with E-state index in [2.05, 4.69) is 9.97 Å². The Labute approximate surface area is 175 Å². The van der Waals surface area contributed by atoms with Crippen LogP contribution in [0.25, 0.3) is 0 Å². The normalized spacial score (nSPS) is 14.6. The van der Waals surface area contributed by atoms with E-state index in [1.165, 1.54) is 6.20 Å². The fourth-order valence-corrected chi connectivity index (χ4v) is 3.10. The number of carbonyl (C=O) groups is 1. The second-order valence-electron chi connectivity index (χ2n) is 7.79. The van der Waals surface area contributed by atoms with Crippen LogP contribution in [0.15, 0.2) is 30.5 Å². The van der Waals surface area contributed by atoms with E-state index in [9.17, 15) is 4.79 Å². The minimum absolute atomic E-state index is 0.310. The van der Waals surface area contributed by atoms with Crippen LogP contribution in [0.1, 0.15) is 26.3 Å². The standard InChI is InChI=1S/C20H26ClN5O3/c1-20(2,3)29-19(27)26-9-7-25(8-10-26)18-17(22)23-12-16(24-18)28-13-14-5-4-6-15(21)11-14/h4-6,11-12H,7-10,13H2,1-3H3,(H2,22,23). The van der Waals surface area contributed by atoms with Gasteiger partial charge in [0.05, 0.1) is 6.20 Å². The molecule has 9 heteroatoms. The maximum Gasteiger partial charge on any atom is 0.410 e. The number of nitrogen functional groups attached to an aromatic ring is 1. The van der Waals surface area contributed by atoms with E-state index in [4.69, 9.17) is 26.8 Å². The first-order chi connectivity index (χ1) is 13.7. The molecule has 0 aliphatic carbocycles. The van der Waals surface area contributed by atoms with Crippen LogP contribution in [0.2, 0.25) is 5.02 Å². The molecule has 1 fully saturated rings. The Hall–Kier alpha value is -2.74. The Morgan fingerprint density at radius 1 is 1.24 bits per heavy atom. The largest absolute Gasteiger partial charge is 0.472 e. The minimum atomic E-state index is -0.515. The van der Waals surface area contributed by atoms with E-state index in [-0.39, 0.29) is 6.09 Å². The third-order valence-corrected chi connectivity index (χ3v) is 4.50. The Kier molecular flexibility index (Phi) is 6.32. The van der Waals surface area contributed by atoms with Crippen LogP contribution in [0.4, 0.5) is 16.4 Å². The Balaban J connectivity index is 1.61. The van der Waals surface area contributed by atoms with Crippen LogP contribution in [0, 0.1) is 0 Å². The van der Waals surface area contributed by atoms with Gasteiger partial charge in [0.25, 0.3) is 0 Å². The summed E-state index contributed by atoms with van der Waals surface area (Å²) in [6, 6.07) is 7.44. The number of aromatic nitrogens is 2. The number of hydrogen-bond acceptors (Lipinski definition) is 7. The van der Waals surface area contributed by atoms with Gasteiger partial charge in [-0.3, -0.25) is 0 Å². The van der Waals surface area contributed by atoms with Crippen molar-refractivity contribution in [3.8, 4) is 5.88 Å². The fourth-order valence-electron chi connectivity index (χ4n) is 2.89. The fraction of sp³-hybridized carbons (Fsp3) is 0.450. The van der Waals surface area contributed by atoms with Crippen molar-refractivity contribution in [1.82, 2.24) is 14.9 Å². The monoisotopic (exact) mass is 419 g/mol. The number of amides is 1. The summed E-state index contributed by atoms with van der Waals surface area (Å²) in [5, 5.41) is 0.651. The summed E-state index contributed by atoms with van der Waals surface area (Å²) < 4.78 is 11.2. The van der Waals surface area contributed by atoms with E-state index in [1.807, 2.05) is 49.9 Å². The van der Waals surface area contributed by atoms with Gasteiger partial charge in [-0.1, -0.05) is 23.7 Å². The second-order valence-corrected chi connectivity index (χ2v) is 8.23. The van der Waals surface area contributed by atoms with Crippen LogP contribution < -0.4 is 15.4 Å². The molecular formula is C20H26ClN5O3. The molecule has 1 saturated heterocycles. The van der Waals surface area contributed by atoms with Gasteiger partial charge >= 0.3 is 6.09 Å². The Morgan fingerprint density at radius 2 is 1.97 bits per heavy atom. The molecule has 0 spiro atoms. The summed E-state index contributed by atoms with van der Waals surface area (Å²) in [6.07, 6.45) is 1.19. The van der Waals surface area contributed by atoms with Crippen molar-refractivity contribution in [2.75, 3.05) is 36.8 Å². The SMILES string of the molecule is CC(C)(C)OC(=O)N1CCN(c2nc(OCc3cccc(Cl)c3)cnc2N)CC1. The Bertz CT molecular complexity index is 863. The molecule has 8 nitrogen and oxygen atoms in total. The molecule has 0 radical (unpaired) electrons. The topological polar surface area (TPSA) is 93.8 Å². The molecule has 156 valence electrons. The summed E-state index contributed by atoms with van der Waals surface area (Å²) in [7, 11) is 0. The lowest BCUT2D eigenvalue weighted by atomic mass is 10.2. The zero-order valence-electron chi connectivity index (χ0n) is 16.9. The third kappa shape index (κ3) is 5.87. The summed E-state index contributed by atoms with van der Waals surface area (Å²) in [4.78, 5) is 24.6. The molecule has 0 saturated carbocycles. The molecule has 0 atom stereocenters. The first kappa shape index (κ1) is 21.0. The number of carbonyl (C=O) groups excluding carboxylic acids is 1. The van der Waals surface area contributed by atoms with Gasteiger partial charge < -0.3 is 25.0 Å². The maximum absolute atomic E-state index is 12.2. The van der Waals surface area contributed by atoms with Crippen LogP contribution >= 0.6 is 11.6 Å². The van der Waals surface area contributed by atoms with Crippen molar-refractivity contribution in [2.24, 2.45) is 0 Å². The van der Waals surface area contributed by atoms with Crippen LogP contribution in [0.5, 0.6) is 5.88 Å². The number of benzene rings is 1. The number of anilines is 2. The molecule has 1 aromatic carbocycles. The van der Waals surface area contributed by atoms with Crippen molar-refractivity contribution in [1.29, 1.82) is 0 Å². The van der Waals surface area contributed by atoms with Gasteiger partial charge in [-0.05, 0) is 38.5 Å². The molecule has 2 aromatic rings. The molecule has 0 unspecified atom stereocenters. The predicted octanol–water partition coefficient (Wildman–Crippen LogP) is 3.35. The summed E-state index contributed by atoms with van der Waals surface area (Å²) in [5.41, 5.74) is 6.45. The van der Waals surface area contributed by atoms with Gasteiger partial charge in [-0.25, -0.2) is 9.78 Å². The highest BCUT2D eigenvalue weighted by Gasteiger charge is 2.27. The summed E-state index contributed by atoms with van der Waals surface area (Å²) in [5.74, 6) is 1.26. The van der Waals surface area contributed by atoms with Crippen LogP contribution in [0.3, 0.4) is 0 Å². The third-order valence-electron chi connectivity index (χ3n) is 4.27. The van der Waals surface area contributed by atoms with E-state index in [0.717, 1.165) is 5.56 Å². The lowest BCUT2D eigenvalue weighted by molar-refractivity contribution is 0.0240. The van der Waals surface area contributed by atoms with Crippen molar-refractivity contribution in [3.63, 3.8) is 0 Å².